The van der Waals surface area contributed by atoms with E-state index in [4.69, 9.17) is 28.9 Å². The second-order valence-electron chi connectivity index (χ2n) is 8.03. The highest BCUT2D eigenvalue weighted by Gasteiger charge is 2.32. The third kappa shape index (κ3) is 4.74. The minimum absolute atomic E-state index is 0.129. The number of benzene rings is 2. The van der Waals surface area contributed by atoms with E-state index in [0.29, 0.717) is 23.0 Å². The SMILES string of the molecule is CN(C)C(=O)C1CCCN1Cn1nc(-c2ccc(Cl)cc2)n(Cc2ccccc2)c1=S. The van der Waals surface area contributed by atoms with E-state index < -0.39 is 0 Å². The lowest BCUT2D eigenvalue weighted by Gasteiger charge is -2.25. The van der Waals surface area contributed by atoms with Crippen LogP contribution in [0.1, 0.15) is 18.4 Å². The molecule has 1 saturated heterocycles. The van der Waals surface area contributed by atoms with Crippen LogP contribution in [-0.2, 0) is 18.0 Å². The molecule has 2 aromatic carbocycles. The summed E-state index contributed by atoms with van der Waals surface area (Å²) in [7, 11) is 3.61. The van der Waals surface area contributed by atoms with Gasteiger partial charge in [0.2, 0.25) is 5.91 Å². The van der Waals surface area contributed by atoms with Gasteiger partial charge in [-0.3, -0.25) is 14.3 Å². The Labute approximate surface area is 192 Å². The molecule has 1 aliphatic heterocycles. The Hall–Kier alpha value is -2.48. The van der Waals surface area contributed by atoms with Crippen molar-refractivity contribution in [1.29, 1.82) is 0 Å². The molecule has 162 valence electrons. The van der Waals surface area contributed by atoms with Crippen LogP contribution >= 0.6 is 23.8 Å². The van der Waals surface area contributed by atoms with Crippen molar-refractivity contribution in [2.75, 3.05) is 20.6 Å². The topological polar surface area (TPSA) is 46.3 Å². The van der Waals surface area contributed by atoms with Gasteiger partial charge in [-0.05, 0) is 54.9 Å². The maximum Gasteiger partial charge on any atom is 0.239 e. The Bertz CT molecular complexity index is 1110. The Morgan fingerprint density at radius 2 is 1.87 bits per heavy atom. The number of carbonyl (C=O) groups is 1. The first-order chi connectivity index (χ1) is 14.9. The van der Waals surface area contributed by atoms with Crippen LogP contribution in [0.2, 0.25) is 5.02 Å². The predicted octanol–water partition coefficient (Wildman–Crippen LogP) is 4.29. The van der Waals surface area contributed by atoms with E-state index >= 15 is 0 Å². The van der Waals surface area contributed by atoms with Crippen LogP contribution in [0, 0.1) is 4.77 Å². The van der Waals surface area contributed by atoms with Crippen LogP contribution in [0.4, 0.5) is 0 Å². The molecule has 8 heteroatoms. The molecule has 1 fully saturated rings. The van der Waals surface area contributed by atoms with Gasteiger partial charge in [-0.2, -0.15) is 5.10 Å². The second-order valence-corrected chi connectivity index (χ2v) is 8.83. The molecule has 4 rings (SSSR count). The highest BCUT2D eigenvalue weighted by molar-refractivity contribution is 7.71. The summed E-state index contributed by atoms with van der Waals surface area (Å²) in [4.78, 5) is 16.4. The Morgan fingerprint density at radius 3 is 2.55 bits per heavy atom. The van der Waals surface area contributed by atoms with Crippen molar-refractivity contribution in [2.45, 2.75) is 32.1 Å². The van der Waals surface area contributed by atoms with E-state index in [0.717, 1.165) is 36.3 Å². The van der Waals surface area contributed by atoms with Gasteiger partial charge in [-0.25, -0.2) is 4.68 Å². The number of hydrogen-bond donors (Lipinski definition) is 0. The quantitative estimate of drug-likeness (QED) is 0.520. The zero-order valence-corrected chi connectivity index (χ0v) is 19.3. The van der Waals surface area contributed by atoms with Gasteiger partial charge >= 0.3 is 0 Å². The normalized spacial score (nSPS) is 16.5. The van der Waals surface area contributed by atoms with Crippen LogP contribution < -0.4 is 0 Å². The molecule has 1 aromatic heterocycles. The predicted molar refractivity (Wildman–Crippen MR) is 125 cm³/mol. The molecule has 2 heterocycles. The van der Waals surface area contributed by atoms with Crippen molar-refractivity contribution < 1.29 is 4.79 Å². The summed E-state index contributed by atoms with van der Waals surface area (Å²) in [6.45, 7) is 1.97. The molecule has 1 aliphatic rings. The molecule has 0 aliphatic carbocycles. The highest BCUT2D eigenvalue weighted by atomic mass is 35.5. The molecule has 31 heavy (non-hydrogen) atoms. The molecule has 6 nitrogen and oxygen atoms in total. The zero-order chi connectivity index (χ0) is 22.0. The van der Waals surface area contributed by atoms with Crippen molar-refractivity contribution in [3.8, 4) is 11.4 Å². The summed E-state index contributed by atoms with van der Waals surface area (Å²) >= 11 is 11.9. The van der Waals surface area contributed by atoms with Crippen molar-refractivity contribution in [3.63, 3.8) is 0 Å². The van der Waals surface area contributed by atoms with Crippen molar-refractivity contribution in [1.82, 2.24) is 24.1 Å². The van der Waals surface area contributed by atoms with Gasteiger partial charge in [0.25, 0.3) is 0 Å². The summed E-state index contributed by atoms with van der Waals surface area (Å²) in [5.74, 6) is 0.922. The number of aromatic nitrogens is 3. The number of carbonyl (C=O) groups excluding carboxylic acids is 1. The second kappa shape index (κ2) is 9.34. The van der Waals surface area contributed by atoms with E-state index in [1.54, 1.807) is 19.0 Å². The highest BCUT2D eigenvalue weighted by Crippen LogP contribution is 2.24. The fraction of sp³-hybridized carbons (Fsp3) is 0.348. The van der Waals surface area contributed by atoms with Crippen molar-refractivity contribution in [2.24, 2.45) is 0 Å². The molecular formula is C23H26ClN5OS. The number of halogens is 1. The van der Waals surface area contributed by atoms with Crippen LogP contribution in [-0.4, -0.2) is 56.7 Å². The molecule has 0 N–H and O–H groups in total. The number of likely N-dealkylation sites (tertiary alicyclic amines) is 1. The van der Waals surface area contributed by atoms with Crippen molar-refractivity contribution >= 4 is 29.7 Å². The smallest absolute Gasteiger partial charge is 0.239 e. The van der Waals surface area contributed by atoms with E-state index in [1.165, 1.54) is 0 Å². The summed E-state index contributed by atoms with van der Waals surface area (Å²) in [5, 5.41) is 5.55. The van der Waals surface area contributed by atoms with Gasteiger partial charge in [0.15, 0.2) is 10.6 Å². The summed E-state index contributed by atoms with van der Waals surface area (Å²) in [6, 6.07) is 17.7. The van der Waals surface area contributed by atoms with E-state index in [2.05, 4.69) is 17.0 Å². The van der Waals surface area contributed by atoms with E-state index in [-0.39, 0.29) is 11.9 Å². The van der Waals surface area contributed by atoms with Gasteiger partial charge < -0.3 is 4.90 Å². The van der Waals surface area contributed by atoms with Crippen LogP contribution in [0.3, 0.4) is 0 Å². The fourth-order valence-corrected chi connectivity index (χ4v) is 4.37. The first-order valence-electron chi connectivity index (χ1n) is 10.4. The first-order valence-corrected chi connectivity index (χ1v) is 11.2. The monoisotopic (exact) mass is 455 g/mol. The average Bonchev–Trinajstić information content (AvgIpc) is 3.35. The largest absolute Gasteiger partial charge is 0.347 e. The standard InChI is InChI=1S/C23H26ClN5OS/c1-26(2)22(30)20-9-6-14-27(20)16-29-23(31)28(15-17-7-4-3-5-8-17)21(25-29)18-10-12-19(24)13-11-18/h3-5,7-8,10-13,20H,6,9,14-16H2,1-2H3. The van der Waals surface area contributed by atoms with Crippen LogP contribution in [0.15, 0.2) is 54.6 Å². The molecule has 0 saturated carbocycles. The third-order valence-corrected chi connectivity index (χ3v) is 6.30. The molecule has 1 amide bonds. The summed E-state index contributed by atoms with van der Waals surface area (Å²) in [5.41, 5.74) is 2.10. The van der Waals surface area contributed by atoms with Crippen LogP contribution in [0.25, 0.3) is 11.4 Å². The lowest BCUT2D eigenvalue weighted by molar-refractivity contribution is -0.134. The molecule has 0 radical (unpaired) electrons. The molecule has 1 atom stereocenters. The Kier molecular flexibility index (Phi) is 6.55. The molecular weight excluding hydrogens is 430 g/mol. The number of hydrogen-bond acceptors (Lipinski definition) is 4. The van der Waals surface area contributed by atoms with Gasteiger partial charge in [-0.15, -0.1) is 0 Å². The zero-order valence-electron chi connectivity index (χ0n) is 17.7. The summed E-state index contributed by atoms with van der Waals surface area (Å²) < 4.78 is 4.52. The maximum atomic E-state index is 12.6. The minimum Gasteiger partial charge on any atom is -0.347 e. The molecule has 1 unspecified atom stereocenters. The first kappa shape index (κ1) is 21.7. The Morgan fingerprint density at radius 1 is 1.16 bits per heavy atom. The fourth-order valence-electron chi connectivity index (χ4n) is 4.00. The van der Waals surface area contributed by atoms with Gasteiger partial charge in [0.1, 0.15) is 0 Å². The number of likely N-dealkylation sites (N-methyl/N-ethyl adjacent to an activating group) is 1. The van der Waals surface area contributed by atoms with E-state index in [1.807, 2.05) is 51.7 Å². The number of amides is 1. The maximum absolute atomic E-state index is 12.6. The minimum atomic E-state index is -0.129. The van der Waals surface area contributed by atoms with Crippen molar-refractivity contribution in [3.05, 3.63) is 70.0 Å². The number of rotatable bonds is 6. The summed E-state index contributed by atoms with van der Waals surface area (Å²) in [6.07, 6.45) is 1.85. The van der Waals surface area contributed by atoms with E-state index in [9.17, 15) is 4.79 Å². The third-order valence-electron chi connectivity index (χ3n) is 5.61. The average molecular weight is 456 g/mol. The van der Waals surface area contributed by atoms with Gasteiger partial charge in [0, 0.05) is 31.2 Å². The number of nitrogens with zero attached hydrogens (tertiary/aromatic N) is 5. The molecule has 0 spiro atoms. The molecule has 0 bridgehead atoms. The molecule has 3 aromatic rings. The lowest BCUT2D eigenvalue weighted by atomic mass is 10.2. The Balaban J connectivity index is 1.70. The van der Waals surface area contributed by atoms with Gasteiger partial charge in [-0.1, -0.05) is 41.9 Å². The lowest BCUT2D eigenvalue weighted by Crippen LogP contribution is -2.43. The van der Waals surface area contributed by atoms with Gasteiger partial charge in [0.05, 0.1) is 19.3 Å². The van der Waals surface area contributed by atoms with Crippen LogP contribution in [0.5, 0.6) is 0 Å².